The quantitative estimate of drug-likeness (QED) is 0.745. The van der Waals surface area contributed by atoms with Crippen molar-refractivity contribution in [2.75, 3.05) is 32.7 Å². The SMILES string of the molecule is CN(C)[C@H](CNS(=O)(=O)c1ccc2c(c1)CCC(=O)N2)c1ccc2c(c1)OCO2. The second-order valence-corrected chi connectivity index (χ2v) is 9.08. The van der Waals surface area contributed by atoms with Gasteiger partial charge in [-0.1, -0.05) is 6.07 Å². The van der Waals surface area contributed by atoms with Crippen LogP contribution < -0.4 is 19.5 Å². The van der Waals surface area contributed by atoms with E-state index in [2.05, 4.69) is 10.0 Å². The van der Waals surface area contributed by atoms with Crippen LogP contribution in [0.3, 0.4) is 0 Å². The minimum Gasteiger partial charge on any atom is -0.454 e. The first-order valence-corrected chi connectivity index (χ1v) is 10.8. The molecule has 1 amide bonds. The molecule has 2 heterocycles. The number of rotatable bonds is 6. The molecule has 2 aliphatic heterocycles. The normalized spacial score (nSPS) is 16.4. The van der Waals surface area contributed by atoms with Gasteiger partial charge in [0, 0.05) is 24.7 Å². The Bertz CT molecular complexity index is 1050. The number of nitrogens with zero attached hydrogens (tertiary/aromatic N) is 1. The Morgan fingerprint density at radius 1 is 1.10 bits per heavy atom. The molecule has 2 aromatic carbocycles. The first-order valence-electron chi connectivity index (χ1n) is 9.32. The second-order valence-electron chi connectivity index (χ2n) is 7.31. The van der Waals surface area contributed by atoms with Gasteiger partial charge in [0.15, 0.2) is 11.5 Å². The number of benzene rings is 2. The predicted molar refractivity (Wildman–Crippen MR) is 108 cm³/mol. The molecule has 4 rings (SSSR count). The number of hydrogen-bond acceptors (Lipinski definition) is 6. The molecule has 2 aromatic rings. The number of carbonyl (C=O) groups excluding carboxylic acids is 1. The van der Waals surface area contributed by atoms with Crippen molar-refractivity contribution in [1.29, 1.82) is 0 Å². The summed E-state index contributed by atoms with van der Waals surface area (Å²) in [7, 11) is 0.0873. The molecule has 0 saturated heterocycles. The van der Waals surface area contributed by atoms with Gasteiger partial charge in [0.05, 0.1) is 4.90 Å². The van der Waals surface area contributed by atoms with E-state index in [0.29, 0.717) is 30.0 Å². The van der Waals surface area contributed by atoms with Crippen molar-refractivity contribution < 1.29 is 22.7 Å². The lowest BCUT2D eigenvalue weighted by atomic mass is 10.0. The summed E-state index contributed by atoms with van der Waals surface area (Å²) in [5.41, 5.74) is 2.43. The largest absolute Gasteiger partial charge is 0.454 e. The number of anilines is 1. The molecule has 0 radical (unpaired) electrons. The number of hydrogen-bond donors (Lipinski definition) is 2. The molecule has 2 aliphatic rings. The van der Waals surface area contributed by atoms with Crippen molar-refractivity contribution in [2.24, 2.45) is 0 Å². The third-order valence-electron chi connectivity index (χ3n) is 5.15. The van der Waals surface area contributed by atoms with E-state index in [9.17, 15) is 13.2 Å². The monoisotopic (exact) mass is 417 g/mol. The fraction of sp³-hybridized carbons (Fsp3) is 0.350. The highest BCUT2D eigenvalue weighted by Crippen LogP contribution is 2.35. The van der Waals surface area contributed by atoms with Crippen molar-refractivity contribution in [3.63, 3.8) is 0 Å². The molecule has 0 fully saturated rings. The van der Waals surface area contributed by atoms with Gasteiger partial charge in [-0.05, 0) is 62.0 Å². The number of carbonyl (C=O) groups is 1. The third-order valence-corrected chi connectivity index (χ3v) is 6.58. The van der Waals surface area contributed by atoms with Crippen LogP contribution >= 0.6 is 0 Å². The van der Waals surface area contributed by atoms with Gasteiger partial charge in [-0.3, -0.25) is 4.79 Å². The number of ether oxygens (including phenoxy) is 2. The van der Waals surface area contributed by atoms with Gasteiger partial charge in [0.2, 0.25) is 22.7 Å². The van der Waals surface area contributed by atoms with Crippen molar-refractivity contribution in [1.82, 2.24) is 9.62 Å². The predicted octanol–water partition coefficient (Wildman–Crippen LogP) is 1.88. The van der Waals surface area contributed by atoms with Gasteiger partial charge in [-0.15, -0.1) is 0 Å². The zero-order valence-electron chi connectivity index (χ0n) is 16.3. The Balaban J connectivity index is 1.52. The van der Waals surface area contributed by atoms with Crippen LogP contribution in [0.15, 0.2) is 41.3 Å². The Labute approximate surface area is 169 Å². The van der Waals surface area contributed by atoms with E-state index in [-0.39, 0.29) is 30.2 Å². The summed E-state index contributed by atoms with van der Waals surface area (Å²) in [4.78, 5) is 13.6. The summed E-state index contributed by atoms with van der Waals surface area (Å²) in [6, 6.07) is 10.2. The molecule has 0 bridgehead atoms. The zero-order valence-corrected chi connectivity index (χ0v) is 17.1. The second kappa shape index (κ2) is 7.66. The number of sulfonamides is 1. The molecular formula is C20H23N3O5S. The summed E-state index contributed by atoms with van der Waals surface area (Å²) in [5.74, 6) is 1.30. The number of aryl methyl sites for hydroxylation is 1. The number of likely N-dealkylation sites (N-methyl/N-ethyl adjacent to an activating group) is 1. The summed E-state index contributed by atoms with van der Waals surface area (Å²) in [5, 5.41) is 2.76. The van der Waals surface area contributed by atoms with Gasteiger partial charge in [-0.25, -0.2) is 13.1 Å². The molecule has 154 valence electrons. The van der Waals surface area contributed by atoms with E-state index in [1.807, 2.05) is 37.2 Å². The molecule has 0 unspecified atom stereocenters. The molecule has 1 atom stereocenters. The van der Waals surface area contributed by atoms with Crippen molar-refractivity contribution in [3.8, 4) is 11.5 Å². The molecule has 0 aliphatic carbocycles. The van der Waals surface area contributed by atoms with Crippen LogP contribution in [0.5, 0.6) is 11.5 Å². The highest BCUT2D eigenvalue weighted by molar-refractivity contribution is 7.89. The summed E-state index contributed by atoms with van der Waals surface area (Å²) in [6.07, 6.45) is 0.888. The fourth-order valence-corrected chi connectivity index (χ4v) is 4.61. The van der Waals surface area contributed by atoms with E-state index in [1.54, 1.807) is 12.1 Å². The van der Waals surface area contributed by atoms with Gasteiger partial charge in [-0.2, -0.15) is 0 Å². The van der Waals surface area contributed by atoms with E-state index < -0.39 is 10.0 Å². The van der Waals surface area contributed by atoms with Crippen LogP contribution in [0.25, 0.3) is 0 Å². The minimum absolute atomic E-state index is 0.0521. The van der Waals surface area contributed by atoms with E-state index in [0.717, 1.165) is 11.1 Å². The first-order chi connectivity index (χ1) is 13.8. The van der Waals surface area contributed by atoms with Crippen LogP contribution in [0, 0.1) is 0 Å². The highest BCUT2D eigenvalue weighted by Gasteiger charge is 2.24. The third kappa shape index (κ3) is 4.07. The topological polar surface area (TPSA) is 97.0 Å². The van der Waals surface area contributed by atoms with Crippen LogP contribution in [0.2, 0.25) is 0 Å². The first kappa shape index (κ1) is 19.7. The summed E-state index contributed by atoms with van der Waals surface area (Å²) in [6.45, 7) is 0.389. The number of fused-ring (bicyclic) bond motifs is 2. The van der Waals surface area contributed by atoms with Gasteiger partial charge >= 0.3 is 0 Å². The molecule has 0 aromatic heterocycles. The maximum atomic E-state index is 12.9. The van der Waals surface area contributed by atoms with Crippen LogP contribution in [0.4, 0.5) is 5.69 Å². The Hall–Kier alpha value is -2.62. The Morgan fingerprint density at radius 3 is 2.69 bits per heavy atom. The smallest absolute Gasteiger partial charge is 0.240 e. The van der Waals surface area contributed by atoms with Crippen molar-refractivity contribution >= 4 is 21.6 Å². The Morgan fingerprint density at radius 2 is 1.90 bits per heavy atom. The molecule has 9 heteroatoms. The Kier molecular flexibility index (Phi) is 5.20. The lowest BCUT2D eigenvalue weighted by Gasteiger charge is -2.25. The lowest BCUT2D eigenvalue weighted by Crippen LogP contribution is -2.34. The maximum Gasteiger partial charge on any atom is 0.240 e. The average molecular weight is 417 g/mol. The van der Waals surface area contributed by atoms with Gasteiger partial charge in [0.25, 0.3) is 0 Å². The molecule has 2 N–H and O–H groups in total. The number of amides is 1. The van der Waals surface area contributed by atoms with E-state index >= 15 is 0 Å². The summed E-state index contributed by atoms with van der Waals surface area (Å²) < 4.78 is 39.2. The number of nitrogens with one attached hydrogen (secondary N) is 2. The standard InChI is InChI=1S/C20H23N3O5S/c1-23(2)17(14-3-7-18-19(10-14)28-12-27-18)11-21-29(25,26)15-5-6-16-13(9-15)4-8-20(24)22-16/h3,5-7,9-10,17,21H,4,8,11-12H2,1-2H3,(H,22,24)/t17-/m1/s1. The van der Waals surface area contributed by atoms with E-state index in [4.69, 9.17) is 9.47 Å². The summed E-state index contributed by atoms with van der Waals surface area (Å²) >= 11 is 0. The minimum atomic E-state index is -3.70. The van der Waals surface area contributed by atoms with E-state index in [1.165, 1.54) is 6.07 Å². The highest BCUT2D eigenvalue weighted by atomic mass is 32.2. The van der Waals surface area contributed by atoms with Gasteiger partial charge < -0.3 is 19.7 Å². The lowest BCUT2D eigenvalue weighted by molar-refractivity contribution is -0.116. The molecule has 8 nitrogen and oxygen atoms in total. The van der Waals surface area contributed by atoms with Crippen molar-refractivity contribution in [2.45, 2.75) is 23.8 Å². The zero-order chi connectivity index (χ0) is 20.6. The van der Waals surface area contributed by atoms with Crippen LogP contribution in [0.1, 0.15) is 23.6 Å². The van der Waals surface area contributed by atoms with Gasteiger partial charge in [0.1, 0.15) is 0 Å². The van der Waals surface area contributed by atoms with Crippen LogP contribution in [-0.4, -0.2) is 46.7 Å². The molecule has 0 spiro atoms. The molecule has 0 saturated carbocycles. The van der Waals surface area contributed by atoms with Crippen LogP contribution in [-0.2, 0) is 21.2 Å². The average Bonchev–Trinajstić information content (AvgIpc) is 3.15. The van der Waals surface area contributed by atoms with Crippen molar-refractivity contribution in [3.05, 3.63) is 47.5 Å². The maximum absolute atomic E-state index is 12.9. The molecular weight excluding hydrogens is 394 g/mol. The molecule has 29 heavy (non-hydrogen) atoms. The fourth-order valence-electron chi connectivity index (χ4n) is 3.52.